The van der Waals surface area contributed by atoms with Crippen molar-refractivity contribution in [2.45, 2.75) is 19.3 Å². The molecule has 160 valence electrons. The molecule has 10 heteroatoms. The largest absolute Gasteiger partial charge is 0.467 e. The zero-order valence-corrected chi connectivity index (χ0v) is 18.3. The van der Waals surface area contributed by atoms with E-state index in [2.05, 4.69) is 15.6 Å². The summed E-state index contributed by atoms with van der Waals surface area (Å²) in [5.41, 5.74) is 0.0654. The Morgan fingerprint density at radius 2 is 1.86 bits per heavy atom. The van der Waals surface area contributed by atoms with E-state index in [4.69, 9.17) is 9.15 Å². The van der Waals surface area contributed by atoms with Gasteiger partial charge in [-0.15, -0.1) is 24.0 Å². The highest BCUT2D eigenvalue weighted by molar-refractivity contribution is 14.0. The topological polar surface area (TPSA) is 62.0 Å². The summed E-state index contributed by atoms with van der Waals surface area (Å²) in [7, 11) is 1.56. The lowest BCUT2D eigenvalue weighted by Gasteiger charge is -2.29. The van der Waals surface area contributed by atoms with Crippen LogP contribution >= 0.6 is 24.0 Å². The smallest absolute Gasteiger partial charge is 0.416 e. The Hall–Kier alpha value is -1.95. The van der Waals surface area contributed by atoms with Gasteiger partial charge in [0, 0.05) is 32.4 Å². The van der Waals surface area contributed by atoms with E-state index in [1.54, 1.807) is 31.5 Å². The number of anilines is 1. The summed E-state index contributed by atoms with van der Waals surface area (Å²) in [4.78, 5) is 5.94. The minimum absolute atomic E-state index is 0. The van der Waals surface area contributed by atoms with Crippen LogP contribution in [0, 0.1) is 0 Å². The first-order valence-electron chi connectivity index (χ1n) is 8.97. The average molecular weight is 524 g/mol. The van der Waals surface area contributed by atoms with Gasteiger partial charge in [0.2, 0.25) is 0 Å². The highest BCUT2D eigenvalue weighted by atomic mass is 127. The zero-order chi connectivity index (χ0) is 20.0. The van der Waals surface area contributed by atoms with Crippen LogP contribution in [0.15, 0.2) is 46.0 Å². The third-order valence-electron chi connectivity index (χ3n) is 4.46. The molecular formula is C19H24F3IN4O2. The third kappa shape index (κ3) is 6.53. The number of nitrogens with zero attached hydrogens (tertiary/aromatic N) is 2. The molecule has 1 fully saturated rings. The van der Waals surface area contributed by atoms with Crippen molar-refractivity contribution in [1.82, 2.24) is 10.6 Å². The van der Waals surface area contributed by atoms with Crippen molar-refractivity contribution < 1.29 is 22.3 Å². The van der Waals surface area contributed by atoms with Crippen LogP contribution < -0.4 is 15.5 Å². The number of ether oxygens (including phenoxy) is 1. The fraction of sp³-hybridized carbons (Fsp3) is 0.421. The zero-order valence-electron chi connectivity index (χ0n) is 16.0. The Labute approximate surface area is 184 Å². The van der Waals surface area contributed by atoms with E-state index >= 15 is 0 Å². The predicted molar refractivity (Wildman–Crippen MR) is 116 cm³/mol. The average Bonchev–Trinajstić information content (AvgIpc) is 3.22. The molecule has 2 N–H and O–H groups in total. The Morgan fingerprint density at radius 1 is 1.14 bits per heavy atom. The second-order valence-corrected chi connectivity index (χ2v) is 6.30. The summed E-state index contributed by atoms with van der Waals surface area (Å²) < 4.78 is 51.3. The summed E-state index contributed by atoms with van der Waals surface area (Å²) in [6, 6.07) is 8.00. The van der Waals surface area contributed by atoms with E-state index in [1.807, 2.05) is 4.90 Å². The summed E-state index contributed by atoms with van der Waals surface area (Å²) in [5, 5.41) is 5.93. The number of hydrogen-bond donors (Lipinski definition) is 2. The minimum Gasteiger partial charge on any atom is -0.467 e. The normalized spacial score (nSPS) is 15.0. The molecule has 0 radical (unpaired) electrons. The van der Waals surface area contributed by atoms with Crippen LogP contribution in [0.5, 0.6) is 0 Å². The van der Waals surface area contributed by atoms with Gasteiger partial charge in [0.1, 0.15) is 5.76 Å². The van der Waals surface area contributed by atoms with Crippen LogP contribution in [0.1, 0.15) is 16.9 Å². The van der Waals surface area contributed by atoms with Crippen LogP contribution in [-0.2, 0) is 24.0 Å². The lowest BCUT2D eigenvalue weighted by atomic mass is 10.0. The molecule has 3 rings (SSSR count). The number of hydrogen-bond acceptors (Lipinski definition) is 4. The Bertz CT molecular complexity index is 791. The maximum Gasteiger partial charge on any atom is 0.416 e. The van der Waals surface area contributed by atoms with Gasteiger partial charge in [-0.1, -0.05) is 6.07 Å². The van der Waals surface area contributed by atoms with E-state index in [0.29, 0.717) is 50.3 Å². The van der Waals surface area contributed by atoms with Gasteiger partial charge in [0.05, 0.1) is 31.6 Å². The molecule has 29 heavy (non-hydrogen) atoms. The SMILES string of the molecule is CN=C(NCc1ccco1)NCc1ccc(N2CCOCC2)cc1C(F)(F)F.I. The molecule has 0 amide bonds. The molecular weight excluding hydrogens is 500 g/mol. The molecule has 2 aromatic rings. The molecule has 6 nitrogen and oxygen atoms in total. The van der Waals surface area contributed by atoms with Crippen molar-refractivity contribution in [2.24, 2.45) is 4.99 Å². The number of rotatable bonds is 5. The number of aliphatic imine (C=N–C) groups is 1. The Balaban J connectivity index is 0.00000300. The van der Waals surface area contributed by atoms with Gasteiger partial charge in [-0.2, -0.15) is 13.2 Å². The number of nitrogens with one attached hydrogen (secondary N) is 2. The van der Waals surface area contributed by atoms with Crippen molar-refractivity contribution in [3.63, 3.8) is 0 Å². The van der Waals surface area contributed by atoms with Gasteiger partial charge in [-0.05, 0) is 29.8 Å². The van der Waals surface area contributed by atoms with Gasteiger partial charge in [-0.3, -0.25) is 4.99 Å². The molecule has 0 unspecified atom stereocenters. The number of morpholine rings is 1. The van der Waals surface area contributed by atoms with Gasteiger partial charge in [-0.25, -0.2) is 0 Å². The van der Waals surface area contributed by atoms with Crippen LogP contribution in [-0.4, -0.2) is 39.3 Å². The predicted octanol–water partition coefficient (Wildman–Crippen LogP) is 3.62. The molecule has 1 aromatic heterocycles. The quantitative estimate of drug-likeness (QED) is 0.356. The molecule has 0 atom stereocenters. The first-order chi connectivity index (χ1) is 13.5. The summed E-state index contributed by atoms with van der Waals surface area (Å²) >= 11 is 0. The Morgan fingerprint density at radius 3 is 2.48 bits per heavy atom. The lowest BCUT2D eigenvalue weighted by Crippen LogP contribution is -2.37. The molecule has 1 aliphatic rings. The molecule has 1 saturated heterocycles. The standard InChI is InChI=1S/C19H23F3N4O2.HI/c1-23-18(25-13-16-3-2-8-28-16)24-12-14-4-5-15(11-17(14)19(20,21)22)26-6-9-27-10-7-26;/h2-5,8,11H,6-7,9-10,12-13H2,1H3,(H2,23,24,25);1H. The first kappa shape index (κ1) is 23.3. The monoisotopic (exact) mass is 524 g/mol. The second kappa shape index (κ2) is 10.7. The van der Waals surface area contributed by atoms with Crippen LogP contribution in [0.3, 0.4) is 0 Å². The van der Waals surface area contributed by atoms with Crippen LogP contribution in [0.4, 0.5) is 18.9 Å². The van der Waals surface area contributed by atoms with Crippen molar-refractivity contribution in [3.8, 4) is 0 Å². The molecule has 2 heterocycles. The molecule has 1 aliphatic heterocycles. The number of benzene rings is 1. The second-order valence-electron chi connectivity index (χ2n) is 6.30. The maximum atomic E-state index is 13.6. The van der Waals surface area contributed by atoms with E-state index in [-0.39, 0.29) is 36.1 Å². The van der Waals surface area contributed by atoms with Crippen LogP contribution in [0.25, 0.3) is 0 Å². The fourth-order valence-electron chi connectivity index (χ4n) is 2.98. The molecule has 0 bridgehead atoms. The molecule has 1 aromatic carbocycles. The highest BCUT2D eigenvalue weighted by Crippen LogP contribution is 2.35. The number of guanidine groups is 1. The maximum absolute atomic E-state index is 13.6. The third-order valence-corrected chi connectivity index (χ3v) is 4.46. The van der Waals surface area contributed by atoms with Crippen molar-refractivity contribution in [3.05, 3.63) is 53.5 Å². The first-order valence-corrected chi connectivity index (χ1v) is 8.97. The van der Waals surface area contributed by atoms with Gasteiger partial charge in [0.25, 0.3) is 0 Å². The molecule has 0 spiro atoms. The number of alkyl halides is 3. The lowest BCUT2D eigenvalue weighted by molar-refractivity contribution is -0.138. The van der Waals surface area contributed by atoms with E-state index < -0.39 is 11.7 Å². The summed E-state index contributed by atoms with van der Waals surface area (Å²) in [5.74, 6) is 1.09. The van der Waals surface area contributed by atoms with Crippen LogP contribution in [0.2, 0.25) is 0 Å². The van der Waals surface area contributed by atoms with E-state index in [9.17, 15) is 13.2 Å². The van der Waals surface area contributed by atoms with E-state index in [0.717, 1.165) is 0 Å². The van der Waals surface area contributed by atoms with Crippen molar-refractivity contribution in [2.75, 3.05) is 38.3 Å². The summed E-state index contributed by atoms with van der Waals surface area (Å²) in [6.07, 6.45) is -2.89. The van der Waals surface area contributed by atoms with Gasteiger partial charge >= 0.3 is 6.18 Å². The van der Waals surface area contributed by atoms with Crippen molar-refractivity contribution in [1.29, 1.82) is 0 Å². The van der Waals surface area contributed by atoms with E-state index in [1.165, 1.54) is 12.1 Å². The molecule has 0 aliphatic carbocycles. The summed E-state index contributed by atoms with van der Waals surface area (Å²) in [6.45, 7) is 2.58. The minimum atomic E-state index is -4.44. The van der Waals surface area contributed by atoms with Gasteiger partial charge in [0.15, 0.2) is 5.96 Å². The fourth-order valence-corrected chi connectivity index (χ4v) is 2.98. The molecule has 0 saturated carbocycles. The number of furan rings is 1. The Kier molecular flexibility index (Phi) is 8.62. The highest BCUT2D eigenvalue weighted by Gasteiger charge is 2.34. The van der Waals surface area contributed by atoms with Crippen molar-refractivity contribution >= 4 is 35.6 Å². The van der Waals surface area contributed by atoms with Gasteiger partial charge < -0.3 is 24.7 Å². The number of halogens is 4.